The summed E-state index contributed by atoms with van der Waals surface area (Å²) < 4.78 is 19.7. The van der Waals surface area contributed by atoms with Gasteiger partial charge in [-0.25, -0.2) is 4.39 Å². The molecule has 0 radical (unpaired) electrons. The number of halogens is 2. The summed E-state index contributed by atoms with van der Waals surface area (Å²) in [5, 5.41) is 8.84. The number of benzene rings is 2. The van der Waals surface area contributed by atoms with Crippen molar-refractivity contribution in [2.75, 3.05) is 18.1 Å². The number of hydrogen-bond donors (Lipinski definition) is 0. The van der Waals surface area contributed by atoms with Gasteiger partial charge in [0.15, 0.2) is 18.2 Å². The van der Waals surface area contributed by atoms with E-state index >= 15 is 0 Å². The minimum Gasteiger partial charge on any atom is -0.481 e. The van der Waals surface area contributed by atoms with E-state index in [-0.39, 0.29) is 31.2 Å². The molecule has 0 saturated heterocycles. The van der Waals surface area contributed by atoms with Crippen LogP contribution in [0.3, 0.4) is 0 Å². The maximum Gasteiger partial charge on any atom is 0.264 e. The van der Waals surface area contributed by atoms with Crippen LogP contribution in [0.25, 0.3) is 0 Å². The van der Waals surface area contributed by atoms with E-state index in [4.69, 9.17) is 10.00 Å². The van der Waals surface area contributed by atoms with E-state index in [0.29, 0.717) is 10.2 Å². The predicted molar refractivity (Wildman–Crippen MR) is 98.1 cm³/mol. The second kappa shape index (κ2) is 8.63. The third-order valence-electron chi connectivity index (χ3n) is 3.80. The summed E-state index contributed by atoms with van der Waals surface area (Å²) in [5.41, 5.74) is 2.86. The van der Waals surface area contributed by atoms with E-state index in [0.717, 1.165) is 11.1 Å². The van der Waals surface area contributed by atoms with Crippen molar-refractivity contribution in [1.29, 1.82) is 5.26 Å². The number of anilines is 1. The van der Waals surface area contributed by atoms with Crippen molar-refractivity contribution in [1.82, 2.24) is 0 Å². The van der Waals surface area contributed by atoms with Crippen LogP contribution in [0.15, 0.2) is 40.9 Å². The molecule has 2 rings (SSSR count). The average Bonchev–Trinajstić information content (AvgIpc) is 2.57. The molecule has 25 heavy (non-hydrogen) atoms. The van der Waals surface area contributed by atoms with Crippen molar-refractivity contribution in [2.45, 2.75) is 20.3 Å². The Kier molecular flexibility index (Phi) is 6.54. The number of nitrogens with zero attached hydrogens (tertiary/aromatic N) is 2. The maximum absolute atomic E-state index is 13.8. The first-order valence-corrected chi connectivity index (χ1v) is 8.54. The molecule has 0 unspecified atom stereocenters. The largest absolute Gasteiger partial charge is 0.481 e. The molecular formula is C19H18BrFN2O2. The van der Waals surface area contributed by atoms with Gasteiger partial charge in [-0.05, 0) is 55.3 Å². The molecule has 2 aromatic carbocycles. The Morgan fingerprint density at radius 2 is 2.00 bits per heavy atom. The van der Waals surface area contributed by atoms with Gasteiger partial charge in [0.1, 0.15) is 0 Å². The second-order valence-corrected chi connectivity index (χ2v) is 6.50. The molecule has 0 bridgehead atoms. The highest BCUT2D eigenvalue weighted by molar-refractivity contribution is 9.10. The molecule has 0 N–H and O–H groups in total. The number of aryl methyl sites for hydroxylation is 2. The van der Waals surface area contributed by atoms with Gasteiger partial charge in [-0.15, -0.1) is 0 Å². The Balaban J connectivity index is 2.15. The van der Waals surface area contributed by atoms with Gasteiger partial charge in [-0.3, -0.25) is 4.79 Å². The van der Waals surface area contributed by atoms with Gasteiger partial charge in [-0.1, -0.05) is 22.0 Å². The van der Waals surface area contributed by atoms with Crippen molar-refractivity contribution in [2.24, 2.45) is 0 Å². The van der Waals surface area contributed by atoms with Crippen molar-refractivity contribution in [3.8, 4) is 11.8 Å². The maximum atomic E-state index is 13.8. The van der Waals surface area contributed by atoms with Crippen LogP contribution in [0.2, 0.25) is 0 Å². The fourth-order valence-electron chi connectivity index (χ4n) is 2.26. The minimum absolute atomic E-state index is 0.0110. The first-order chi connectivity index (χ1) is 11.9. The molecule has 0 atom stereocenters. The molecule has 0 aliphatic carbocycles. The van der Waals surface area contributed by atoms with Gasteiger partial charge < -0.3 is 9.64 Å². The fraction of sp³-hybridized carbons (Fsp3) is 0.263. The molecule has 0 aromatic heterocycles. The molecule has 0 fully saturated rings. The highest BCUT2D eigenvalue weighted by Gasteiger charge is 2.17. The lowest BCUT2D eigenvalue weighted by atomic mass is 10.1. The zero-order valence-electron chi connectivity index (χ0n) is 14.1. The fourth-order valence-corrected chi connectivity index (χ4v) is 2.60. The smallest absolute Gasteiger partial charge is 0.264 e. The summed E-state index contributed by atoms with van der Waals surface area (Å²) in [6.07, 6.45) is 0.200. The number of carbonyl (C=O) groups excluding carboxylic acids is 1. The SMILES string of the molecule is Cc1ccc(N(CCC#N)C(=O)COc2ccc(Br)cc2F)cc1C. The van der Waals surface area contributed by atoms with Gasteiger partial charge in [-0.2, -0.15) is 5.26 Å². The van der Waals surface area contributed by atoms with E-state index in [2.05, 4.69) is 15.9 Å². The summed E-state index contributed by atoms with van der Waals surface area (Å²) in [6.45, 7) is 3.89. The van der Waals surface area contributed by atoms with Crippen LogP contribution < -0.4 is 9.64 Å². The van der Waals surface area contributed by atoms with Gasteiger partial charge in [0.2, 0.25) is 0 Å². The third-order valence-corrected chi connectivity index (χ3v) is 4.29. The summed E-state index contributed by atoms with van der Waals surface area (Å²) in [6, 6.07) is 12.1. The van der Waals surface area contributed by atoms with Crippen LogP contribution >= 0.6 is 15.9 Å². The van der Waals surface area contributed by atoms with Gasteiger partial charge in [0, 0.05) is 16.7 Å². The number of carbonyl (C=O) groups is 1. The summed E-state index contributed by atoms with van der Waals surface area (Å²) in [5.74, 6) is -0.866. The van der Waals surface area contributed by atoms with E-state index in [1.54, 1.807) is 6.07 Å². The Bertz CT molecular complexity index is 818. The van der Waals surface area contributed by atoms with Crippen LogP contribution in [0.4, 0.5) is 10.1 Å². The second-order valence-electron chi connectivity index (χ2n) is 5.59. The van der Waals surface area contributed by atoms with Crippen LogP contribution in [-0.2, 0) is 4.79 Å². The zero-order valence-corrected chi connectivity index (χ0v) is 15.6. The number of ether oxygens (including phenoxy) is 1. The van der Waals surface area contributed by atoms with E-state index in [1.165, 1.54) is 17.0 Å². The molecule has 2 aromatic rings. The van der Waals surface area contributed by atoms with Crippen molar-refractivity contribution < 1.29 is 13.9 Å². The van der Waals surface area contributed by atoms with Gasteiger partial charge in [0.25, 0.3) is 5.91 Å². The predicted octanol–water partition coefficient (Wildman–Crippen LogP) is 4.53. The van der Waals surface area contributed by atoms with Gasteiger partial charge >= 0.3 is 0 Å². The van der Waals surface area contributed by atoms with Crippen LogP contribution in [0.5, 0.6) is 5.75 Å². The topological polar surface area (TPSA) is 53.3 Å². The highest BCUT2D eigenvalue weighted by Crippen LogP contribution is 2.23. The average molecular weight is 405 g/mol. The first-order valence-electron chi connectivity index (χ1n) is 7.75. The number of rotatable bonds is 6. The van der Waals surface area contributed by atoms with E-state index in [9.17, 15) is 9.18 Å². The standard InChI is InChI=1S/C19H18BrFN2O2/c1-13-4-6-16(10-14(13)2)23(9-3-8-22)19(24)12-25-18-7-5-15(20)11-17(18)21/h4-7,10-11H,3,9,12H2,1-2H3. The van der Waals surface area contributed by atoms with Crippen LogP contribution in [-0.4, -0.2) is 19.1 Å². The molecule has 6 heteroatoms. The number of amides is 1. The lowest BCUT2D eigenvalue weighted by molar-refractivity contribution is -0.120. The molecule has 0 heterocycles. The Hall–Kier alpha value is -2.39. The Morgan fingerprint density at radius 1 is 1.24 bits per heavy atom. The molecule has 0 aliphatic heterocycles. The van der Waals surface area contributed by atoms with Crippen molar-refractivity contribution >= 4 is 27.5 Å². The first kappa shape index (κ1) is 18.9. The van der Waals surface area contributed by atoms with Gasteiger partial charge in [0.05, 0.1) is 12.5 Å². The third kappa shape index (κ3) is 5.04. The molecule has 1 amide bonds. The summed E-state index contributed by atoms with van der Waals surface area (Å²) in [7, 11) is 0. The molecular weight excluding hydrogens is 387 g/mol. The van der Waals surface area contributed by atoms with Crippen LogP contribution in [0.1, 0.15) is 17.5 Å². The lowest BCUT2D eigenvalue weighted by Crippen LogP contribution is -2.35. The monoisotopic (exact) mass is 404 g/mol. The van der Waals surface area contributed by atoms with Crippen molar-refractivity contribution in [3.05, 3.63) is 57.8 Å². The van der Waals surface area contributed by atoms with Crippen molar-refractivity contribution in [3.63, 3.8) is 0 Å². The normalized spacial score (nSPS) is 10.2. The summed E-state index contributed by atoms with van der Waals surface area (Å²) in [4.78, 5) is 14.0. The lowest BCUT2D eigenvalue weighted by Gasteiger charge is -2.23. The molecule has 130 valence electrons. The minimum atomic E-state index is -0.545. The Labute approximate surface area is 155 Å². The summed E-state index contributed by atoms with van der Waals surface area (Å²) >= 11 is 3.17. The van der Waals surface area contributed by atoms with Crippen LogP contribution in [0, 0.1) is 31.0 Å². The molecule has 4 nitrogen and oxygen atoms in total. The van der Waals surface area contributed by atoms with E-state index in [1.807, 2.05) is 38.1 Å². The number of nitriles is 1. The molecule has 0 aliphatic rings. The quantitative estimate of drug-likeness (QED) is 0.710. The number of hydrogen-bond acceptors (Lipinski definition) is 3. The zero-order chi connectivity index (χ0) is 18.4. The highest BCUT2D eigenvalue weighted by atomic mass is 79.9. The molecule has 0 spiro atoms. The van der Waals surface area contributed by atoms with E-state index < -0.39 is 5.82 Å². The Morgan fingerprint density at radius 3 is 2.64 bits per heavy atom. The molecule has 0 saturated carbocycles.